The predicted octanol–water partition coefficient (Wildman–Crippen LogP) is 0.617. The number of hydrogen-bond acceptors (Lipinski definition) is 15. The Morgan fingerprint density at radius 1 is 0.810 bits per heavy atom. The highest BCUT2D eigenvalue weighted by molar-refractivity contribution is 5.80. The maximum atomic E-state index is 13.2. The minimum atomic E-state index is -1.76. The fourth-order valence-corrected chi connectivity index (χ4v) is 13.8. The Hall–Kier alpha value is -1.80. The molecule has 0 aromatic rings. The van der Waals surface area contributed by atoms with Gasteiger partial charge in [-0.25, -0.2) is 0 Å². The molecule has 0 bridgehead atoms. The highest BCUT2D eigenvalue weighted by Crippen LogP contribution is 2.76. The first-order valence-corrected chi connectivity index (χ1v) is 21.0. The number of carboxylic acids is 1. The van der Waals surface area contributed by atoms with Crippen LogP contribution in [0.1, 0.15) is 92.4 Å². The molecule has 330 valence electrons. The van der Waals surface area contributed by atoms with Crippen LogP contribution in [0, 0.1) is 50.2 Å². The average molecular weight is 827 g/mol. The van der Waals surface area contributed by atoms with E-state index in [9.17, 15) is 55.5 Å². The van der Waals surface area contributed by atoms with Gasteiger partial charge < -0.3 is 69.6 Å². The van der Waals surface area contributed by atoms with Crippen molar-refractivity contribution in [3.63, 3.8) is 0 Å². The fourth-order valence-electron chi connectivity index (χ4n) is 13.8. The molecule has 0 radical (unpaired) electrons. The maximum Gasteiger partial charge on any atom is 0.311 e. The van der Waals surface area contributed by atoms with Gasteiger partial charge in [-0.2, -0.15) is 0 Å². The number of rotatable bonds is 8. The van der Waals surface area contributed by atoms with Crippen molar-refractivity contribution >= 4 is 11.9 Å². The lowest BCUT2D eigenvalue weighted by Crippen LogP contribution is -2.69. The smallest absolute Gasteiger partial charge is 0.311 e. The van der Waals surface area contributed by atoms with Crippen LogP contribution in [0.4, 0.5) is 0 Å². The van der Waals surface area contributed by atoms with E-state index in [-0.39, 0.29) is 47.8 Å². The summed E-state index contributed by atoms with van der Waals surface area (Å²) in [5.74, 6) is -1.54. The molecule has 0 spiro atoms. The Labute approximate surface area is 339 Å². The van der Waals surface area contributed by atoms with Crippen molar-refractivity contribution in [2.24, 2.45) is 50.2 Å². The SMILES string of the molecule is COC(=O)[C@]1(C)CC[C@]2(C(=O)O)CC[C@@]3(C)C(=CC[C@H]4[C@]5(C)C[C@H](O)[C@@H](O[C@@H]6CO[C@@H](O[C@H]7O[C@@H](CO)[C@H](O)[C@@H](O)[C@@H]7O)[C@H](O)[C@@H]6O)[C@](C)(CO)[C@@H]5CC[C@]43C)[C@@H]2C1. The van der Waals surface area contributed by atoms with E-state index in [4.69, 9.17) is 23.7 Å². The predicted molar refractivity (Wildman–Crippen MR) is 201 cm³/mol. The van der Waals surface area contributed by atoms with E-state index in [1.807, 2.05) is 13.8 Å². The monoisotopic (exact) mass is 826 g/mol. The zero-order chi connectivity index (χ0) is 42.5. The van der Waals surface area contributed by atoms with Gasteiger partial charge in [0, 0.05) is 5.41 Å². The van der Waals surface area contributed by atoms with Gasteiger partial charge >= 0.3 is 11.9 Å². The molecule has 0 amide bonds. The molecule has 0 unspecified atom stereocenters. The summed E-state index contributed by atoms with van der Waals surface area (Å²) in [5.41, 5.74) is -2.81. The van der Waals surface area contributed by atoms with E-state index in [0.29, 0.717) is 51.4 Å². The Morgan fingerprint density at radius 3 is 2.12 bits per heavy atom. The molecule has 16 heteroatoms. The van der Waals surface area contributed by atoms with Crippen molar-refractivity contribution in [1.29, 1.82) is 0 Å². The van der Waals surface area contributed by atoms with Gasteiger partial charge in [-0.1, -0.05) is 39.3 Å². The molecule has 2 heterocycles. The van der Waals surface area contributed by atoms with E-state index in [2.05, 4.69) is 26.8 Å². The number of esters is 1. The highest BCUT2D eigenvalue weighted by Gasteiger charge is 2.71. The van der Waals surface area contributed by atoms with Gasteiger partial charge in [0.15, 0.2) is 12.6 Å². The number of carbonyl (C=O) groups is 2. The van der Waals surface area contributed by atoms with Gasteiger partial charge in [-0.05, 0) is 98.7 Å². The van der Waals surface area contributed by atoms with E-state index in [1.165, 1.54) is 7.11 Å². The number of aliphatic hydroxyl groups is 8. The van der Waals surface area contributed by atoms with Crippen LogP contribution in [0.15, 0.2) is 11.6 Å². The number of aliphatic hydroxyl groups excluding tert-OH is 8. The molecule has 58 heavy (non-hydrogen) atoms. The van der Waals surface area contributed by atoms with Crippen molar-refractivity contribution in [3.05, 3.63) is 11.6 Å². The minimum absolute atomic E-state index is 0.0487. The van der Waals surface area contributed by atoms with E-state index in [1.54, 1.807) is 0 Å². The Morgan fingerprint density at radius 2 is 1.48 bits per heavy atom. The Kier molecular flexibility index (Phi) is 11.6. The molecule has 4 saturated carbocycles. The topological polar surface area (TPSA) is 262 Å². The average Bonchev–Trinajstić information content (AvgIpc) is 3.18. The van der Waals surface area contributed by atoms with Crippen LogP contribution in [0.5, 0.6) is 0 Å². The largest absolute Gasteiger partial charge is 0.481 e. The number of fused-ring (bicyclic) bond motifs is 7. The molecular formula is C42H66O16. The fraction of sp³-hybridized carbons (Fsp3) is 0.905. The highest BCUT2D eigenvalue weighted by atomic mass is 16.8. The first-order valence-electron chi connectivity index (χ1n) is 21.0. The summed E-state index contributed by atoms with van der Waals surface area (Å²) in [4.78, 5) is 26.3. The summed E-state index contributed by atoms with van der Waals surface area (Å²) < 4.78 is 28.4. The summed E-state index contributed by atoms with van der Waals surface area (Å²) in [6.07, 6.45) is -8.95. The van der Waals surface area contributed by atoms with Crippen LogP contribution in [0.25, 0.3) is 0 Å². The second kappa shape index (κ2) is 15.2. The van der Waals surface area contributed by atoms with Crippen molar-refractivity contribution in [3.8, 4) is 0 Å². The number of allylic oxidation sites excluding steroid dienone is 2. The van der Waals surface area contributed by atoms with Crippen molar-refractivity contribution < 1.29 is 79.2 Å². The van der Waals surface area contributed by atoms with Gasteiger partial charge in [0.1, 0.15) is 42.7 Å². The third kappa shape index (κ3) is 6.29. The molecule has 5 aliphatic carbocycles. The first-order chi connectivity index (χ1) is 27.1. The van der Waals surface area contributed by atoms with Crippen LogP contribution >= 0.6 is 0 Å². The molecule has 9 N–H and O–H groups in total. The zero-order valence-corrected chi connectivity index (χ0v) is 34.5. The van der Waals surface area contributed by atoms with Crippen molar-refractivity contribution in [2.45, 2.75) is 160 Å². The molecule has 0 aromatic carbocycles. The normalized spacial score (nSPS) is 54.2. The van der Waals surface area contributed by atoms with Crippen LogP contribution in [-0.2, 0) is 33.3 Å². The van der Waals surface area contributed by atoms with Crippen LogP contribution in [-0.4, -0.2) is 152 Å². The zero-order valence-electron chi connectivity index (χ0n) is 34.5. The molecule has 6 fully saturated rings. The molecule has 0 aromatic heterocycles. The second-order valence-corrected chi connectivity index (χ2v) is 20.1. The van der Waals surface area contributed by atoms with Crippen molar-refractivity contribution in [1.82, 2.24) is 0 Å². The van der Waals surface area contributed by atoms with E-state index >= 15 is 0 Å². The summed E-state index contributed by atoms with van der Waals surface area (Å²) in [5, 5.41) is 96.7. The van der Waals surface area contributed by atoms with Crippen molar-refractivity contribution in [2.75, 3.05) is 26.9 Å². The summed E-state index contributed by atoms with van der Waals surface area (Å²) in [6.45, 7) is 9.23. The van der Waals surface area contributed by atoms with E-state index in [0.717, 1.165) is 12.0 Å². The molecule has 20 atom stereocenters. The van der Waals surface area contributed by atoms with Gasteiger partial charge in [0.05, 0.1) is 50.0 Å². The van der Waals surface area contributed by atoms with Crippen LogP contribution in [0.2, 0.25) is 0 Å². The quantitative estimate of drug-likeness (QED) is 0.120. The molecule has 2 saturated heterocycles. The number of aliphatic carboxylic acids is 1. The first kappa shape index (κ1) is 44.3. The van der Waals surface area contributed by atoms with Gasteiger partial charge in [-0.3, -0.25) is 9.59 Å². The summed E-state index contributed by atoms with van der Waals surface area (Å²) >= 11 is 0. The molecule has 16 nitrogen and oxygen atoms in total. The van der Waals surface area contributed by atoms with Crippen LogP contribution < -0.4 is 0 Å². The lowest BCUT2D eigenvalue weighted by molar-refractivity contribution is -0.371. The lowest BCUT2D eigenvalue weighted by Gasteiger charge is -2.71. The Bertz CT molecular complexity index is 1610. The Balaban J connectivity index is 1.11. The number of methoxy groups -OCH3 is 1. The summed E-state index contributed by atoms with van der Waals surface area (Å²) in [6, 6.07) is 0. The molecule has 7 aliphatic rings. The van der Waals surface area contributed by atoms with Gasteiger partial charge in [-0.15, -0.1) is 0 Å². The molecule has 2 aliphatic heterocycles. The lowest BCUT2D eigenvalue weighted by atomic mass is 9.33. The van der Waals surface area contributed by atoms with Gasteiger partial charge in [0.2, 0.25) is 0 Å². The number of ether oxygens (including phenoxy) is 5. The third-order valence-electron chi connectivity index (χ3n) is 17.4. The number of carbonyl (C=O) groups excluding carboxylic acids is 1. The van der Waals surface area contributed by atoms with E-state index < -0.39 is 102 Å². The van der Waals surface area contributed by atoms with Gasteiger partial charge in [0.25, 0.3) is 0 Å². The molecular weight excluding hydrogens is 760 g/mol. The third-order valence-corrected chi connectivity index (χ3v) is 17.4. The summed E-state index contributed by atoms with van der Waals surface area (Å²) in [7, 11) is 1.38. The number of hydrogen-bond donors (Lipinski definition) is 9. The number of carboxylic acid groups (broad SMARTS) is 1. The van der Waals surface area contributed by atoms with Crippen LogP contribution in [0.3, 0.4) is 0 Å². The minimum Gasteiger partial charge on any atom is -0.481 e. The maximum absolute atomic E-state index is 13.2. The molecule has 7 rings (SSSR count). The second-order valence-electron chi connectivity index (χ2n) is 20.1. The standard InChI is InChI=1S/C42H66O16/c1-37(36(53)54-6)11-13-42(35(51)52)14-12-40(4)20(21(42)15-37)7-8-26-38(2)16-22(45)32(39(3,19-44)25(38)9-10-41(26,40)5)56-24-18-55-33(30(49)28(24)47)58-34-31(50)29(48)27(46)23(17-43)57-34/h7,21-34,43-50H,8-19H2,1-6H3,(H,51,52)/t21-,22-,23-,24+,25+,26-,27-,28+,29+,30+,31-,32+,33-,34+,37+,38+,39+,40-,41+,42-/m0/s1.